The van der Waals surface area contributed by atoms with Crippen molar-refractivity contribution >= 4 is 33.2 Å². The van der Waals surface area contributed by atoms with Gasteiger partial charge in [-0.05, 0) is 42.9 Å². The maximum absolute atomic E-state index is 13.3. The number of rotatable bonds is 9. The normalized spacial score (nSPS) is 15.6. The molecule has 162 valence electrons. The first kappa shape index (κ1) is 21.7. The van der Waals surface area contributed by atoms with Crippen molar-refractivity contribution in [1.29, 1.82) is 0 Å². The van der Waals surface area contributed by atoms with E-state index in [9.17, 15) is 9.59 Å². The van der Waals surface area contributed by atoms with E-state index >= 15 is 0 Å². The fourth-order valence-electron chi connectivity index (χ4n) is 4.43. The highest BCUT2D eigenvalue weighted by atomic mass is 32.1. The molecule has 1 aliphatic carbocycles. The summed E-state index contributed by atoms with van der Waals surface area (Å²) >= 11 is 1.41. The molecule has 1 amide bonds. The molecule has 1 N–H and O–H groups in total. The molecule has 1 aliphatic rings. The predicted molar refractivity (Wildman–Crippen MR) is 126 cm³/mol. The molecule has 1 aromatic heterocycles. The van der Waals surface area contributed by atoms with Gasteiger partial charge in [0.15, 0.2) is 5.01 Å². The van der Waals surface area contributed by atoms with Crippen molar-refractivity contribution in [2.75, 3.05) is 0 Å². The minimum absolute atomic E-state index is 0.0157. The van der Waals surface area contributed by atoms with Gasteiger partial charge in [-0.2, -0.15) is 0 Å². The summed E-state index contributed by atoms with van der Waals surface area (Å²) in [7, 11) is 0. The average molecular weight is 435 g/mol. The molecule has 1 fully saturated rings. The first-order valence-corrected chi connectivity index (χ1v) is 12.2. The number of thiazole rings is 1. The fraction of sp³-hybridized carbons (Fsp3) is 0.423. The van der Waals surface area contributed by atoms with Crippen molar-refractivity contribution in [2.45, 2.75) is 63.8 Å². The summed E-state index contributed by atoms with van der Waals surface area (Å²) in [4.78, 5) is 30.6. The Morgan fingerprint density at radius 2 is 1.74 bits per heavy atom. The smallest absolute Gasteiger partial charge is 0.220 e. The van der Waals surface area contributed by atoms with Crippen LogP contribution in [0.15, 0.2) is 54.6 Å². The van der Waals surface area contributed by atoms with Crippen molar-refractivity contribution in [3.05, 3.63) is 65.2 Å². The van der Waals surface area contributed by atoms with Gasteiger partial charge in [-0.3, -0.25) is 9.59 Å². The summed E-state index contributed by atoms with van der Waals surface area (Å²) in [6, 6.07) is 17.3. The van der Waals surface area contributed by atoms with Crippen LogP contribution in [-0.4, -0.2) is 22.7 Å². The third-order valence-electron chi connectivity index (χ3n) is 6.23. The number of ketones is 1. The lowest BCUT2D eigenvalue weighted by molar-refractivity contribution is -0.122. The zero-order chi connectivity index (χ0) is 21.5. The topological polar surface area (TPSA) is 59.1 Å². The van der Waals surface area contributed by atoms with E-state index in [0.717, 1.165) is 23.1 Å². The predicted octanol–water partition coefficient (Wildman–Crippen LogP) is 5.96. The van der Waals surface area contributed by atoms with Crippen LogP contribution in [0.4, 0.5) is 0 Å². The highest BCUT2D eigenvalue weighted by molar-refractivity contribution is 7.20. The zero-order valence-electron chi connectivity index (χ0n) is 17.9. The monoisotopic (exact) mass is 434 g/mol. The van der Waals surface area contributed by atoms with E-state index < -0.39 is 6.04 Å². The third kappa shape index (κ3) is 6.01. The van der Waals surface area contributed by atoms with E-state index in [2.05, 4.69) is 22.4 Å². The van der Waals surface area contributed by atoms with Crippen molar-refractivity contribution in [3.63, 3.8) is 0 Å². The Hall–Kier alpha value is -2.53. The molecule has 0 radical (unpaired) electrons. The lowest BCUT2D eigenvalue weighted by atomic mass is 9.86. The number of hydrogen-bond donors (Lipinski definition) is 1. The zero-order valence-corrected chi connectivity index (χ0v) is 18.7. The maximum atomic E-state index is 13.3. The van der Waals surface area contributed by atoms with Gasteiger partial charge in [0.25, 0.3) is 0 Å². The molecule has 5 heteroatoms. The number of carbonyl (C=O) groups excluding carboxylic acids is 2. The van der Waals surface area contributed by atoms with Gasteiger partial charge in [0.05, 0.1) is 16.3 Å². The van der Waals surface area contributed by atoms with E-state index in [0.29, 0.717) is 23.8 Å². The lowest BCUT2D eigenvalue weighted by Gasteiger charge is -2.22. The quantitative estimate of drug-likeness (QED) is 0.423. The van der Waals surface area contributed by atoms with Crippen molar-refractivity contribution < 1.29 is 9.59 Å². The molecule has 2 aromatic carbocycles. The molecule has 0 saturated heterocycles. The Kier molecular flexibility index (Phi) is 7.47. The van der Waals surface area contributed by atoms with Gasteiger partial charge in [0.2, 0.25) is 11.7 Å². The molecule has 4 rings (SSSR count). The average Bonchev–Trinajstić information content (AvgIpc) is 3.26. The first-order valence-electron chi connectivity index (χ1n) is 11.4. The van der Waals surface area contributed by atoms with E-state index in [-0.39, 0.29) is 11.7 Å². The van der Waals surface area contributed by atoms with Crippen molar-refractivity contribution in [1.82, 2.24) is 10.3 Å². The van der Waals surface area contributed by atoms with Gasteiger partial charge in [-0.1, -0.05) is 74.6 Å². The molecule has 0 unspecified atom stereocenters. The Morgan fingerprint density at radius 1 is 1.00 bits per heavy atom. The number of aryl methyl sites for hydroxylation is 1. The van der Waals surface area contributed by atoms with Crippen LogP contribution in [-0.2, 0) is 11.2 Å². The molecule has 4 nitrogen and oxygen atoms in total. The molecule has 0 aliphatic heterocycles. The van der Waals surface area contributed by atoms with Gasteiger partial charge < -0.3 is 5.32 Å². The molecule has 1 atom stereocenters. The van der Waals surface area contributed by atoms with Gasteiger partial charge in [-0.25, -0.2) is 4.98 Å². The Morgan fingerprint density at radius 3 is 2.52 bits per heavy atom. The standard InChI is InChI=1S/C26H30N2O2S/c29-24(18-16-20-11-5-2-6-12-20)27-22(17-15-19-9-3-1-4-10-19)25(30)26-28-21-13-7-8-14-23(21)31-26/h1,3-4,7-10,13-14,20,22H,2,5-6,11-12,15-18H2,(H,27,29)/t22-/m0/s1. The molecule has 0 spiro atoms. The number of Topliss-reactive ketones (excluding diaryl/α,β-unsaturated/α-hetero) is 1. The summed E-state index contributed by atoms with van der Waals surface area (Å²) in [5.74, 6) is 0.559. The molecular formula is C26H30N2O2S. The second-order valence-corrected chi connectivity index (χ2v) is 9.57. The van der Waals surface area contributed by atoms with Crippen molar-refractivity contribution in [3.8, 4) is 0 Å². The second kappa shape index (κ2) is 10.7. The van der Waals surface area contributed by atoms with Gasteiger partial charge in [0.1, 0.15) is 0 Å². The largest absolute Gasteiger partial charge is 0.346 e. The summed E-state index contributed by atoms with van der Waals surface area (Å²) in [6.45, 7) is 0. The Bertz CT molecular complexity index is 975. The maximum Gasteiger partial charge on any atom is 0.220 e. The number of aromatic nitrogens is 1. The number of fused-ring (bicyclic) bond motifs is 1. The third-order valence-corrected chi connectivity index (χ3v) is 7.28. The van der Waals surface area contributed by atoms with Crippen LogP contribution in [0.5, 0.6) is 0 Å². The van der Waals surface area contributed by atoms with Crippen LogP contribution >= 0.6 is 11.3 Å². The minimum Gasteiger partial charge on any atom is -0.346 e. The van der Waals surface area contributed by atoms with Crippen molar-refractivity contribution in [2.24, 2.45) is 5.92 Å². The fourth-order valence-corrected chi connectivity index (χ4v) is 5.39. The van der Waals surface area contributed by atoms with Gasteiger partial charge in [0, 0.05) is 6.42 Å². The van der Waals surface area contributed by atoms with Crippen LogP contribution in [0.25, 0.3) is 10.2 Å². The van der Waals surface area contributed by atoms with E-state index in [1.54, 1.807) is 0 Å². The molecule has 31 heavy (non-hydrogen) atoms. The van der Waals surface area contributed by atoms with Gasteiger partial charge in [-0.15, -0.1) is 11.3 Å². The highest BCUT2D eigenvalue weighted by Gasteiger charge is 2.25. The second-order valence-electron chi connectivity index (χ2n) is 8.54. The molecule has 1 saturated carbocycles. The SMILES string of the molecule is O=C(CCC1CCCCC1)N[C@@H](CCc1ccccc1)C(=O)c1nc2ccccc2s1. The van der Waals surface area contributed by atoms with E-state index in [4.69, 9.17) is 0 Å². The number of amides is 1. The number of nitrogens with zero attached hydrogens (tertiary/aromatic N) is 1. The number of nitrogens with one attached hydrogen (secondary N) is 1. The number of carbonyl (C=O) groups is 2. The number of para-hydroxylation sites is 1. The van der Waals surface area contributed by atoms with E-state index in [1.807, 2.05) is 42.5 Å². The van der Waals surface area contributed by atoms with Crippen LogP contribution in [0, 0.1) is 5.92 Å². The highest BCUT2D eigenvalue weighted by Crippen LogP contribution is 2.27. The Labute approximate surface area is 188 Å². The lowest BCUT2D eigenvalue weighted by Crippen LogP contribution is -2.41. The van der Waals surface area contributed by atoms with Crippen LogP contribution < -0.4 is 5.32 Å². The van der Waals surface area contributed by atoms with E-state index in [1.165, 1.54) is 49.0 Å². The molecule has 1 heterocycles. The summed E-state index contributed by atoms with van der Waals surface area (Å²) in [6.07, 6.45) is 9.08. The summed E-state index contributed by atoms with van der Waals surface area (Å²) in [5, 5.41) is 3.53. The summed E-state index contributed by atoms with van der Waals surface area (Å²) < 4.78 is 0.997. The molecule has 3 aromatic rings. The summed E-state index contributed by atoms with van der Waals surface area (Å²) in [5.41, 5.74) is 2.00. The number of hydrogen-bond acceptors (Lipinski definition) is 4. The van der Waals surface area contributed by atoms with Crippen LogP contribution in [0.1, 0.15) is 66.7 Å². The Balaban J connectivity index is 1.43. The number of benzene rings is 2. The van der Waals surface area contributed by atoms with Crippen LogP contribution in [0.2, 0.25) is 0 Å². The molecular weight excluding hydrogens is 404 g/mol. The van der Waals surface area contributed by atoms with Gasteiger partial charge >= 0.3 is 0 Å². The first-order chi connectivity index (χ1) is 15.2. The molecule has 0 bridgehead atoms. The minimum atomic E-state index is -0.542. The van der Waals surface area contributed by atoms with Crippen LogP contribution in [0.3, 0.4) is 0 Å².